The van der Waals surface area contributed by atoms with Crippen LogP contribution in [0.15, 0.2) is 0 Å². The second-order valence-electron chi connectivity index (χ2n) is 6.70. The second-order valence-corrected chi connectivity index (χ2v) is 7.80. The standard InChI is InChI=1S/C15H27NO2S/c1-17-14(4-2-5-14)10-13(16)12-3-7-18-15(9-12)6-8-19-11-15/h12-13H,2-11,16H2,1H3. The monoisotopic (exact) mass is 285 g/mol. The molecule has 0 aromatic rings. The molecule has 3 unspecified atom stereocenters. The molecule has 0 aromatic heterocycles. The van der Waals surface area contributed by atoms with Crippen LogP contribution in [0.1, 0.15) is 44.9 Å². The zero-order valence-electron chi connectivity index (χ0n) is 12.0. The lowest BCUT2D eigenvalue weighted by atomic mass is 9.71. The molecule has 3 rings (SSSR count). The van der Waals surface area contributed by atoms with Gasteiger partial charge in [-0.3, -0.25) is 0 Å². The van der Waals surface area contributed by atoms with Gasteiger partial charge in [0.25, 0.3) is 0 Å². The highest BCUT2D eigenvalue weighted by Crippen LogP contribution is 2.44. The highest BCUT2D eigenvalue weighted by molar-refractivity contribution is 7.99. The Balaban J connectivity index is 1.58. The first-order valence-corrected chi connectivity index (χ1v) is 8.85. The van der Waals surface area contributed by atoms with Gasteiger partial charge in [0.15, 0.2) is 0 Å². The summed E-state index contributed by atoms with van der Waals surface area (Å²) in [7, 11) is 1.85. The first kappa shape index (κ1) is 14.2. The van der Waals surface area contributed by atoms with Crippen molar-refractivity contribution in [1.82, 2.24) is 0 Å². The lowest BCUT2D eigenvalue weighted by Gasteiger charge is -2.46. The molecule has 2 saturated heterocycles. The highest BCUT2D eigenvalue weighted by Gasteiger charge is 2.45. The predicted octanol–water partition coefficient (Wildman–Crippen LogP) is 2.58. The number of ether oxygens (including phenoxy) is 2. The zero-order valence-corrected chi connectivity index (χ0v) is 12.8. The molecule has 3 fully saturated rings. The Labute approximate surface area is 121 Å². The van der Waals surface area contributed by atoms with Crippen molar-refractivity contribution in [3.05, 3.63) is 0 Å². The summed E-state index contributed by atoms with van der Waals surface area (Å²) in [5.41, 5.74) is 6.79. The third kappa shape index (κ3) is 2.82. The number of hydrogen-bond donors (Lipinski definition) is 1. The molecule has 2 aliphatic heterocycles. The maximum atomic E-state index is 6.53. The fourth-order valence-electron chi connectivity index (χ4n) is 3.95. The van der Waals surface area contributed by atoms with Gasteiger partial charge in [0.1, 0.15) is 0 Å². The molecule has 3 atom stereocenters. The molecule has 3 aliphatic rings. The molecule has 1 saturated carbocycles. The van der Waals surface area contributed by atoms with Gasteiger partial charge in [0.05, 0.1) is 11.2 Å². The van der Waals surface area contributed by atoms with Crippen molar-refractivity contribution in [2.24, 2.45) is 11.7 Å². The number of hydrogen-bond acceptors (Lipinski definition) is 4. The van der Waals surface area contributed by atoms with Gasteiger partial charge in [-0.05, 0) is 56.6 Å². The van der Waals surface area contributed by atoms with Crippen molar-refractivity contribution in [3.8, 4) is 0 Å². The fraction of sp³-hybridized carbons (Fsp3) is 1.00. The van der Waals surface area contributed by atoms with Crippen LogP contribution in [0.5, 0.6) is 0 Å². The molecule has 3 nitrogen and oxygen atoms in total. The van der Waals surface area contributed by atoms with Crippen molar-refractivity contribution >= 4 is 11.8 Å². The number of thioether (sulfide) groups is 1. The van der Waals surface area contributed by atoms with E-state index in [0.29, 0.717) is 5.92 Å². The molecule has 0 aromatic carbocycles. The van der Waals surface area contributed by atoms with E-state index in [1.807, 2.05) is 18.9 Å². The van der Waals surface area contributed by atoms with Crippen molar-refractivity contribution in [1.29, 1.82) is 0 Å². The van der Waals surface area contributed by atoms with Crippen molar-refractivity contribution < 1.29 is 9.47 Å². The Kier molecular flexibility index (Phi) is 4.14. The third-order valence-electron chi connectivity index (χ3n) is 5.51. The molecule has 2 N–H and O–H groups in total. The van der Waals surface area contributed by atoms with Gasteiger partial charge < -0.3 is 15.2 Å². The summed E-state index contributed by atoms with van der Waals surface area (Å²) >= 11 is 2.04. The van der Waals surface area contributed by atoms with Crippen molar-refractivity contribution in [2.75, 3.05) is 25.2 Å². The number of methoxy groups -OCH3 is 1. The van der Waals surface area contributed by atoms with E-state index < -0.39 is 0 Å². The van der Waals surface area contributed by atoms with Crippen LogP contribution in [-0.4, -0.2) is 42.5 Å². The van der Waals surface area contributed by atoms with Crippen molar-refractivity contribution in [2.45, 2.75) is 62.2 Å². The van der Waals surface area contributed by atoms with Crippen LogP contribution in [0.4, 0.5) is 0 Å². The average molecular weight is 285 g/mol. The molecular formula is C15H27NO2S. The van der Waals surface area contributed by atoms with Gasteiger partial charge >= 0.3 is 0 Å². The van der Waals surface area contributed by atoms with Gasteiger partial charge in [-0.2, -0.15) is 11.8 Å². The molecule has 0 amide bonds. The van der Waals surface area contributed by atoms with Crippen LogP contribution in [-0.2, 0) is 9.47 Å². The van der Waals surface area contributed by atoms with E-state index in [1.54, 1.807) is 0 Å². The Bertz CT molecular complexity index is 308. The molecule has 1 spiro atoms. The summed E-state index contributed by atoms with van der Waals surface area (Å²) in [6.07, 6.45) is 8.25. The van der Waals surface area contributed by atoms with Crippen LogP contribution in [0.25, 0.3) is 0 Å². The predicted molar refractivity (Wildman–Crippen MR) is 79.5 cm³/mol. The Morgan fingerprint density at radius 1 is 1.42 bits per heavy atom. The van der Waals surface area contributed by atoms with E-state index in [9.17, 15) is 0 Å². The minimum Gasteiger partial charge on any atom is -0.378 e. The summed E-state index contributed by atoms with van der Waals surface area (Å²) in [6, 6.07) is 0.284. The maximum Gasteiger partial charge on any atom is 0.0783 e. The van der Waals surface area contributed by atoms with E-state index in [1.165, 1.54) is 43.6 Å². The lowest BCUT2D eigenvalue weighted by molar-refractivity contribution is -0.106. The maximum absolute atomic E-state index is 6.53. The third-order valence-corrected chi connectivity index (χ3v) is 6.73. The molecule has 110 valence electrons. The first-order chi connectivity index (χ1) is 9.17. The molecule has 2 heterocycles. The minimum atomic E-state index is 0.106. The summed E-state index contributed by atoms with van der Waals surface area (Å²) in [5.74, 6) is 3.05. The van der Waals surface area contributed by atoms with Gasteiger partial charge in [-0.25, -0.2) is 0 Å². The van der Waals surface area contributed by atoms with Crippen LogP contribution < -0.4 is 5.73 Å². The minimum absolute atomic E-state index is 0.106. The van der Waals surface area contributed by atoms with E-state index in [0.717, 1.165) is 19.4 Å². The van der Waals surface area contributed by atoms with Gasteiger partial charge in [0, 0.05) is 25.5 Å². The average Bonchev–Trinajstić information content (AvgIpc) is 2.81. The van der Waals surface area contributed by atoms with Crippen molar-refractivity contribution in [3.63, 3.8) is 0 Å². The number of nitrogens with two attached hydrogens (primary N) is 1. The van der Waals surface area contributed by atoms with Gasteiger partial charge in [-0.1, -0.05) is 0 Å². The van der Waals surface area contributed by atoms with Crippen LogP contribution in [0, 0.1) is 5.92 Å². The molecule has 0 bridgehead atoms. The highest BCUT2D eigenvalue weighted by atomic mass is 32.2. The summed E-state index contributed by atoms with van der Waals surface area (Å²) < 4.78 is 11.8. The fourth-order valence-corrected chi connectivity index (χ4v) is 5.33. The molecule has 4 heteroatoms. The SMILES string of the molecule is COC1(CC(N)C2CCOC3(CCSC3)C2)CCC1. The lowest BCUT2D eigenvalue weighted by Crippen LogP contribution is -2.50. The zero-order chi connectivity index (χ0) is 13.3. The van der Waals surface area contributed by atoms with Gasteiger partial charge in [0.2, 0.25) is 0 Å². The Morgan fingerprint density at radius 3 is 2.84 bits per heavy atom. The van der Waals surface area contributed by atoms with Gasteiger partial charge in [-0.15, -0.1) is 0 Å². The topological polar surface area (TPSA) is 44.5 Å². The van der Waals surface area contributed by atoms with E-state index in [2.05, 4.69) is 0 Å². The second kappa shape index (κ2) is 5.55. The van der Waals surface area contributed by atoms with E-state index >= 15 is 0 Å². The number of rotatable bonds is 4. The molecule has 1 aliphatic carbocycles. The normalized spacial score (nSPS) is 39.2. The van der Waals surface area contributed by atoms with E-state index in [-0.39, 0.29) is 17.2 Å². The molecular weight excluding hydrogens is 258 g/mol. The molecule has 0 radical (unpaired) electrons. The molecule has 19 heavy (non-hydrogen) atoms. The Hall–Kier alpha value is 0.230. The Morgan fingerprint density at radius 2 is 2.26 bits per heavy atom. The summed E-state index contributed by atoms with van der Waals surface area (Å²) in [6.45, 7) is 0.902. The van der Waals surface area contributed by atoms with E-state index in [4.69, 9.17) is 15.2 Å². The quantitative estimate of drug-likeness (QED) is 0.862. The largest absolute Gasteiger partial charge is 0.378 e. The summed E-state index contributed by atoms with van der Waals surface area (Å²) in [5, 5.41) is 0. The summed E-state index contributed by atoms with van der Waals surface area (Å²) in [4.78, 5) is 0. The van der Waals surface area contributed by atoms with Crippen LogP contribution in [0.3, 0.4) is 0 Å². The first-order valence-electron chi connectivity index (χ1n) is 7.70. The van der Waals surface area contributed by atoms with Crippen LogP contribution >= 0.6 is 11.8 Å². The van der Waals surface area contributed by atoms with Crippen LogP contribution in [0.2, 0.25) is 0 Å². The smallest absolute Gasteiger partial charge is 0.0783 e.